The molecule has 1 unspecified atom stereocenters. The standard InChI is InChI=1S/C14H18N4O2/c1-10(12-5-3-4-6-13(12)19)17(2)14(20)9-18-8-11(15)7-16-18/h3-8,10,19H,9,15H2,1-2H3. The lowest BCUT2D eigenvalue weighted by atomic mass is 10.1. The number of rotatable bonds is 4. The summed E-state index contributed by atoms with van der Waals surface area (Å²) in [4.78, 5) is 13.8. The van der Waals surface area contributed by atoms with Gasteiger partial charge in [0.1, 0.15) is 12.3 Å². The number of amides is 1. The number of para-hydroxylation sites is 1. The van der Waals surface area contributed by atoms with E-state index in [1.54, 1.807) is 36.3 Å². The maximum Gasteiger partial charge on any atom is 0.244 e. The van der Waals surface area contributed by atoms with Gasteiger partial charge in [0, 0.05) is 18.8 Å². The Morgan fingerprint density at radius 2 is 2.20 bits per heavy atom. The van der Waals surface area contributed by atoms with Crippen LogP contribution in [0.25, 0.3) is 0 Å². The highest BCUT2D eigenvalue weighted by atomic mass is 16.3. The van der Waals surface area contributed by atoms with Crippen LogP contribution in [-0.4, -0.2) is 32.7 Å². The van der Waals surface area contributed by atoms with Crippen LogP contribution in [0.5, 0.6) is 5.75 Å². The topological polar surface area (TPSA) is 84.4 Å². The lowest BCUT2D eigenvalue weighted by molar-refractivity contribution is -0.132. The van der Waals surface area contributed by atoms with Crippen LogP contribution in [0.4, 0.5) is 5.69 Å². The van der Waals surface area contributed by atoms with Crippen LogP contribution < -0.4 is 5.73 Å². The van der Waals surface area contributed by atoms with E-state index >= 15 is 0 Å². The van der Waals surface area contributed by atoms with Gasteiger partial charge in [0.15, 0.2) is 0 Å². The van der Waals surface area contributed by atoms with Gasteiger partial charge in [-0.15, -0.1) is 0 Å². The first-order valence-electron chi connectivity index (χ1n) is 6.30. The number of phenolic OH excluding ortho intramolecular Hbond substituents is 1. The van der Waals surface area contributed by atoms with E-state index in [0.717, 1.165) is 0 Å². The number of likely N-dealkylation sites (N-methyl/N-ethyl adjacent to an activating group) is 1. The number of phenols is 1. The van der Waals surface area contributed by atoms with Crippen molar-refractivity contribution in [1.82, 2.24) is 14.7 Å². The maximum atomic E-state index is 12.2. The van der Waals surface area contributed by atoms with Crippen LogP contribution in [0.15, 0.2) is 36.7 Å². The molecule has 6 nitrogen and oxygen atoms in total. The molecule has 0 bridgehead atoms. The summed E-state index contributed by atoms with van der Waals surface area (Å²) in [6.45, 7) is 1.98. The van der Waals surface area contributed by atoms with Crippen LogP contribution in [0.2, 0.25) is 0 Å². The van der Waals surface area contributed by atoms with E-state index in [1.807, 2.05) is 13.0 Å². The minimum Gasteiger partial charge on any atom is -0.508 e. The quantitative estimate of drug-likeness (QED) is 0.882. The van der Waals surface area contributed by atoms with Gasteiger partial charge in [0.05, 0.1) is 17.9 Å². The van der Waals surface area contributed by atoms with Crippen molar-refractivity contribution in [3.8, 4) is 5.75 Å². The molecule has 1 atom stereocenters. The third-order valence-corrected chi connectivity index (χ3v) is 3.31. The molecular formula is C14H18N4O2. The average molecular weight is 274 g/mol. The highest BCUT2D eigenvalue weighted by molar-refractivity contribution is 5.76. The summed E-state index contributed by atoms with van der Waals surface area (Å²) in [5, 5.41) is 13.8. The van der Waals surface area contributed by atoms with Gasteiger partial charge in [0.25, 0.3) is 0 Å². The van der Waals surface area contributed by atoms with Crippen LogP contribution >= 0.6 is 0 Å². The fourth-order valence-corrected chi connectivity index (χ4v) is 1.98. The second-order valence-electron chi connectivity index (χ2n) is 4.71. The Bertz CT molecular complexity index is 609. The Labute approximate surface area is 117 Å². The SMILES string of the molecule is CC(c1ccccc1O)N(C)C(=O)Cn1cc(N)cn1. The molecule has 0 saturated carbocycles. The summed E-state index contributed by atoms with van der Waals surface area (Å²) in [6, 6.07) is 6.77. The zero-order valence-electron chi connectivity index (χ0n) is 11.5. The van der Waals surface area contributed by atoms with Crippen LogP contribution in [0, 0.1) is 0 Å². The predicted molar refractivity (Wildman–Crippen MR) is 75.9 cm³/mol. The molecule has 0 fully saturated rings. The Morgan fingerprint density at radius 3 is 2.80 bits per heavy atom. The smallest absolute Gasteiger partial charge is 0.244 e. The summed E-state index contributed by atoms with van der Waals surface area (Å²) in [7, 11) is 1.70. The summed E-state index contributed by atoms with van der Waals surface area (Å²) >= 11 is 0. The third-order valence-electron chi connectivity index (χ3n) is 3.31. The van der Waals surface area contributed by atoms with E-state index in [9.17, 15) is 9.90 Å². The molecule has 1 aromatic carbocycles. The van der Waals surface area contributed by atoms with Crippen molar-refractivity contribution in [2.45, 2.75) is 19.5 Å². The minimum atomic E-state index is -0.225. The first-order valence-corrected chi connectivity index (χ1v) is 6.30. The van der Waals surface area contributed by atoms with Crippen LogP contribution in [-0.2, 0) is 11.3 Å². The van der Waals surface area contributed by atoms with Gasteiger partial charge in [-0.1, -0.05) is 18.2 Å². The second kappa shape index (κ2) is 5.64. The molecule has 2 rings (SSSR count). The molecule has 0 aliphatic rings. The van der Waals surface area contributed by atoms with Gasteiger partial charge in [0.2, 0.25) is 5.91 Å². The normalized spacial score (nSPS) is 12.1. The lowest BCUT2D eigenvalue weighted by Gasteiger charge is -2.25. The number of nitrogens with two attached hydrogens (primary N) is 1. The van der Waals surface area contributed by atoms with E-state index in [1.165, 1.54) is 10.9 Å². The summed E-state index contributed by atoms with van der Waals surface area (Å²) in [5.41, 5.74) is 6.79. The molecule has 3 N–H and O–H groups in total. The van der Waals surface area contributed by atoms with Crippen molar-refractivity contribution < 1.29 is 9.90 Å². The predicted octanol–water partition coefficient (Wildman–Crippen LogP) is 1.39. The molecule has 20 heavy (non-hydrogen) atoms. The van der Waals surface area contributed by atoms with Crippen molar-refractivity contribution in [1.29, 1.82) is 0 Å². The molecule has 0 saturated heterocycles. The largest absolute Gasteiger partial charge is 0.508 e. The monoisotopic (exact) mass is 274 g/mol. The Kier molecular flexibility index (Phi) is 3.93. The van der Waals surface area contributed by atoms with Crippen molar-refractivity contribution in [2.75, 3.05) is 12.8 Å². The van der Waals surface area contributed by atoms with Gasteiger partial charge >= 0.3 is 0 Å². The molecule has 106 valence electrons. The minimum absolute atomic E-state index is 0.108. The number of hydrogen-bond donors (Lipinski definition) is 2. The van der Waals surface area contributed by atoms with Crippen molar-refractivity contribution in [3.63, 3.8) is 0 Å². The molecule has 6 heteroatoms. The Morgan fingerprint density at radius 1 is 1.50 bits per heavy atom. The molecule has 1 aromatic heterocycles. The number of nitrogen functional groups attached to an aromatic ring is 1. The second-order valence-corrected chi connectivity index (χ2v) is 4.71. The number of carbonyl (C=O) groups excluding carboxylic acids is 1. The van der Waals surface area contributed by atoms with E-state index in [4.69, 9.17) is 5.73 Å². The summed E-state index contributed by atoms with van der Waals surface area (Å²) in [5.74, 6) is 0.0758. The lowest BCUT2D eigenvalue weighted by Crippen LogP contribution is -2.32. The van der Waals surface area contributed by atoms with Crippen LogP contribution in [0.3, 0.4) is 0 Å². The molecule has 1 amide bonds. The highest BCUT2D eigenvalue weighted by Crippen LogP contribution is 2.27. The number of carbonyl (C=O) groups is 1. The average Bonchev–Trinajstić information content (AvgIpc) is 2.83. The van der Waals surface area contributed by atoms with Crippen molar-refractivity contribution >= 4 is 11.6 Å². The van der Waals surface area contributed by atoms with Gasteiger partial charge < -0.3 is 15.7 Å². The van der Waals surface area contributed by atoms with Crippen molar-refractivity contribution in [3.05, 3.63) is 42.2 Å². The summed E-state index contributed by atoms with van der Waals surface area (Å²) < 4.78 is 1.49. The first-order chi connectivity index (χ1) is 9.49. The van der Waals surface area contributed by atoms with Crippen LogP contribution in [0.1, 0.15) is 18.5 Å². The van der Waals surface area contributed by atoms with Gasteiger partial charge in [-0.05, 0) is 13.0 Å². The summed E-state index contributed by atoms with van der Waals surface area (Å²) in [6.07, 6.45) is 3.11. The van der Waals surface area contributed by atoms with E-state index in [-0.39, 0.29) is 24.2 Å². The molecule has 0 spiro atoms. The van der Waals surface area contributed by atoms with E-state index in [2.05, 4.69) is 5.10 Å². The molecule has 0 radical (unpaired) electrons. The molecular weight excluding hydrogens is 256 g/mol. The molecule has 0 aliphatic carbocycles. The fourth-order valence-electron chi connectivity index (χ4n) is 1.98. The number of aromatic hydroxyl groups is 1. The van der Waals surface area contributed by atoms with E-state index in [0.29, 0.717) is 11.3 Å². The number of anilines is 1. The van der Waals surface area contributed by atoms with Gasteiger partial charge in [-0.25, -0.2) is 0 Å². The fraction of sp³-hybridized carbons (Fsp3) is 0.286. The number of benzene rings is 1. The van der Waals surface area contributed by atoms with Crippen molar-refractivity contribution in [2.24, 2.45) is 0 Å². The molecule has 0 aliphatic heterocycles. The molecule has 2 aromatic rings. The van der Waals surface area contributed by atoms with Gasteiger partial charge in [-0.3, -0.25) is 9.48 Å². The number of nitrogens with zero attached hydrogens (tertiary/aromatic N) is 3. The highest BCUT2D eigenvalue weighted by Gasteiger charge is 2.20. The third kappa shape index (κ3) is 2.90. The Hall–Kier alpha value is -2.50. The first kappa shape index (κ1) is 13.9. The zero-order valence-corrected chi connectivity index (χ0v) is 11.5. The number of aromatic nitrogens is 2. The Balaban J connectivity index is 2.08. The van der Waals surface area contributed by atoms with E-state index < -0.39 is 0 Å². The number of hydrogen-bond acceptors (Lipinski definition) is 4. The zero-order chi connectivity index (χ0) is 14.7. The van der Waals surface area contributed by atoms with Gasteiger partial charge in [-0.2, -0.15) is 5.10 Å². The maximum absolute atomic E-state index is 12.2. The molecule has 1 heterocycles.